The van der Waals surface area contributed by atoms with E-state index in [9.17, 15) is 4.79 Å². The van der Waals surface area contributed by atoms with Crippen molar-refractivity contribution >= 4 is 22.5 Å². The lowest BCUT2D eigenvalue weighted by Gasteiger charge is -2.08. The van der Waals surface area contributed by atoms with Crippen molar-refractivity contribution in [3.8, 4) is 5.13 Å². The van der Waals surface area contributed by atoms with Crippen molar-refractivity contribution in [2.45, 2.75) is 13.8 Å². The molecule has 0 saturated heterocycles. The first kappa shape index (κ1) is 11.0. The lowest BCUT2D eigenvalue weighted by molar-refractivity contribution is 0.999. The van der Waals surface area contributed by atoms with Gasteiger partial charge in [-0.1, -0.05) is 0 Å². The van der Waals surface area contributed by atoms with Gasteiger partial charge < -0.3 is 0 Å². The molecule has 0 saturated carbocycles. The quantitative estimate of drug-likeness (QED) is 0.668. The molecule has 6 heteroatoms. The van der Waals surface area contributed by atoms with E-state index in [1.807, 2.05) is 16.9 Å². The number of aromatic nitrogens is 4. The van der Waals surface area contributed by atoms with Crippen molar-refractivity contribution in [2.75, 3.05) is 0 Å². The minimum Gasteiger partial charge on any atom is -0.287 e. The number of aryl methyl sites for hydroxylation is 2. The van der Waals surface area contributed by atoms with Gasteiger partial charge in [-0.25, -0.2) is 15.0 Å². The summed E-state index contributed by atoms with van der Waals surface area (Å²) >= 11 is 1.49. The van der Waals surface area contributed by atoms with Gasteiger partial charge in [-0.15, -0.1) is 11.3 Å². The summed E-state index contributed by atoms with van der Waals surface area (Å²) in [6.45, 7) is 3.62. The van der Waals surface area contributed by atoms with E-state index in [1.165, 1.54) is 11.3 Å². The van der Waals surface area contributed by atoms with Crippen LogP contribution in [0.5, 0.6) is 0 Å². The molecule has 0 atom stereocenters. The highest BCUT2D eigenvalue weighted by Crippen LogP contribution is 2.16. The topological polar surface area (TPSA) is 60.7 Å². The minimum atomic E-state index is -0.0784. The number of hydrogen-bond donors (Lipinski definition) is 0. The van der Waals surface area contributed by atoms with Crippen molar-refractivity contribution in [1.29, 1.82) is 0 Å². The molecule has 0 unspecified atom stereocenters. The molecule has 0 aliphatic carbocycles. The molecule has 3 rings (SSSR count). The molecule has 0 bridgehead atoms. The Morgan fingerprint density at radius 2 is 2.11 bits per heavy atom. The summed E-state index contributed by atoms with van der Waals surface area (Å²) in [7, 11) is 0. The van der Waals surface area contributed by atoms with Gasteiger partial charge in [0.15, 0.2) is 16.3 Å². The molecule has 18 heavy (non-hydrogen) atoms. The highest BCUT2D eigenvalue weighted by Gasteiger charge is 2.11. The minimum absolute atomic E-state index is 0.0784. The predicted octanol–water partition coefficient (Wildman–Crippen LogP) is 1.85. The fraction of sp³-hybridized carbons (Fsp3) is 0.167. The molecule has 0 amide bonds. The van der Waals surface area contributed by atoms with Crippen LogP contribution in [-0.2, 0) is 0 Å². The Kier molecular flexibility index (Phi) is 2.45. The Hall–Kier alpha value is -2.08. The molecule has 90 valence electrons. The molecule has 0 aliphatic rings. The van der Waals surface area contributed by atoms with Gasteiger partial charge in [0.05, 0.1) is 5.69 Å². The van der Waals surface area contributed by atoms with Gasteiger partial charge >= 0.3 is 0 Å². The van der Waals surface area contributed by atoms with Gasteiger partial charge in [0.25, 0.3) is 0 Å². The molecular weight excluding hydrogens is 248 g/mol. The first-order valence-electron chi connectivity index (χ1n) is 5.42. The van der Waals surface area contributed by atoms with Crippen LogP contribution in [0.15, 0.2) is 28.8 Å². The van der Waals surface area contributed by atoms with Crippen LogP contribution in [-0.4, -0.2) is 19.5 Å². The first-order chi connectivity index (χ1) is 8.66. The molecular formula is C12H10N4OS. The summed E-state index contributed by atoms with van der Waals surface area (Å²) in [4.78, 5) is 24.9. The Bertz CT molecular complexity index is 777. The molecule has 3 aromatic rings. The molecule has 0 fully saturated rings. The number of thiazole rings is 1. The second-order valence-corrected chi connectivity index (χ2v) is 4.88. The fourth-order valence-corrected chi connectivity index (χ4v) is 2.39. The van der Waals surface area contributed by atoms with Crippen LogP contribution in [0.1, 0.15) is 11.3 Å². The number of pyridine rings is 1. The van der Waals surface area contributed by atoms with Crippen LogP contribution >= 0.6 is 11.3 Å². The zero-order valence-corrected chi connectivity index (χ0v) is 10.7. The van der Waals surface area contributed by atoms with Gasteiger partial charge in [0.1, 0.15) is 0 Å². The lowest BCUT2D eigenvalue weighted by atomic mass is 10.2. The summed E-state index contributed by atoms with van der Waals surface area (Å²) in [6.07, 6.45) is 5.09. The maximum absolute atomic E-state index is 12.0. The van der Waals surface area contributed by atoms with Crippen molar-refractivity contribution < 1.29 is 0 Å². The van der Waals surface area contributed by atoms with Crippen LogP contribution < -0.4 is 5.43 Å². The SMILES string of the molecule is Cc1cnc2c(=O)c(C)cn(-c3nccs3)c2n1. The van der Waals surface area contributed by atoms with Crippen LogP contribution in [0.2, 0.25) is 0 Å². The molecule has 0 spiro atoms. The van der Waals surface area contributed by atoms with E-state index in [2.05, 4.69) is 15.0 Å². The molecule has 3 aromatic heterocycles. The van der Waals surface area contributed by atoms with E-state index < -0.39 is 0 Å². The summed E-state index contributed by atoms with van der Waals surface area (Å²) in [5.74, 6) is 0. The summed E-state index contributed by atoms with van der Waals surface area (Å²) in [5, 5.41) is 2.67. The average molecular weight is 258 g/mol. The smallest absolute Gasteiger partial charge is 0.212 e. The highest BCUT2D eigenvalue weighted by molar-refractivity contribution is 7.12. The molecule has 0 aliphatic heterocycles. The number of nitrogens with zero attached hydrogens (tertiary/aromatic N) is 4. The van der Waals surface area contributed by atoms with Gasteiger partial charge in [-0.3, -0.25) is 9.36 Å². The first-order valence-corrected chi connectivity index (χ1v) is 6.30. The Morgan fingerprint density at radius 3 is 2.83 bits per heavy atom. The largest absolute Gasteiger partial charge is 0.287 e. The van der Waals surface area contributed by atoms with Crippen molar-refractivity contribution in [3.05, 3.63) is 45.5 Å². The Morgan fingerprint density at radius 1 is 1.28 bits per heavy atom. The second kappa shape index (κ2) is 3.99. The predicted molar refractivity (Wildman–Crippen MR) is 70.3 cm³/mol. The molecule has 3 heterocycles. The third-order valence-corrected chi connectivity index (χ3v) is 3.39. The standard InChI is InChI=1S/C12H10N4OS/c1-7-6-16(12-13-3-4-18-12)11-9(10(7)17)14-5-8(2)15-11/h3-6H,1-2H3. The van der Waals surface area contributed by atoms with Crippen LogP contribution in [0.25, 0.3) is 16.3 Å². The van der Waals surface area contributed by atoms with Gasteiger partial charge in [0, 0.05) is 29.5 Å². The number of fused-ring (bicyclic) bond motifs is 1. The fourth-order valence-electron chi connectivity index (χ4n) is 1.77. The lowest BCUT2D eigenvalue weighted by Crippen LogP contribution is -2.14. The maximum atomic E-state index is 12.0. The van der Waals surface area contributed by atoms with Crippen LogP contribution in [0.4, 0.5) is 0 Å². The summed E-state index contributed by atoms with van der Waals surface area (Å²) in [6, 6.07) is 0. The average Bonchev–Trinajstić information content (AvgIpc) is 2.87. The molecule has 5 nitrogen and oxygen atoms in total. The zero-order chi connectivity index (χ0) is 12.7. The van der Waals surface area contributed by atoms with Gasteiger partial charge in [-0.05, 0) is 13.8 Å². The second-order valence-electron chi connectivity index (χ2n) is 4.01. The van der Waals surface area contributed by atoms with Crippen molar-refractivity contribution in [2.24, 2.45) is 0 Å². The third-order valence-electron chi connectivity index (χ3n) is 2.62. The van der Waals surface area contributed by atoms with E-state index >= 15 is 0 Å². The Labute approximate surface area is 107 Å². The Balaban J connectivity index is 2.48. The summed E-state index contributed by atoms with van der Waals surface area (Å²) < 4.78 is 1.82. The highest BCUT2D eigenvalue weighted by atomic mass is 32.1. The van der Waals surface area contributed by atoms with Gasteiger partial charge in [-0.2, -0.15) is 0 Å². The van der Waals surface area contributed by atoms with Crippen molar-refractivity contribution in [3.63, 3.8) is 0 Å². The van der Waals surface area contributed by atoms with Crippen molar-refractivity contribution in [1.82, 2.24) is 19.5 Å². The van der Waals surface area contributed by atoms with E-state index in [0.29, 0.717) is 16.7 Å². The monoisotopic (exact) mass is 258 g/mol. The molecule has 0 radical (unpaired) electrons. The number of hydrogen-bond acceptors (Lipinski definition) is 5. The third kappa shape index (κ3) is 1.62. The molecule has 0 aromatic carbocycles. The van der Waals surface area contributed by atoms with E-state index in [-0.39, 0.29) is 5.43 Å². The zero-order valence-electron chi connectivity index (χ0n) is 9.91. The van der Waals surface area contributed by atoms with E-state index in [4.69, 9.17) is 0 Å². The van der Waals surface area contributed by atoms with Crippen LogP contribution in [0, 0.1) is 13.8 Å². The number of rotatable bonds is 1. The van der Waals surface area contributed by atoms with Crippen LogP contribution in [0.3, 0.4) is 0 Å². The normalized spacial score (nSPS) is 11.0. The molecule has 0 N–H and O–H groups in total. The van der Waals surface area contributed by atoms with E-state index in [1.54, 1.807) is 25.5 Å². The van der Waals surface area contributed by atoms with E-state index in [0.717, 1.165) is 10.8 Å². The van der Waals surface area contributed by atoms with Gasteiger partial charge in [0.2, 0.25) is 5.43 Å². The summed E-state index contributed by atoms with van der Waals surface area (Å²) in [5.41, 5.74) is 2.27. The maximum Gasteiger partial charge on any atom is 0.212 e.